The molecule has 0 bridgehead atoms. The molecule has 0 aliphatic heterocycles. The highest BCUT2D eigenvalue weighted by atomic mass is 15.1. The van der Waals surface area contributed by atoms with Crippen molar-refractivity contribution in [2.24, 2.45) is 0 Å². The van der Waals surface area contributed by atoms with Gasteiger partial charge in [0.05, 0.1) is 96.7 Å². The fourth-order valence-electron chi connectivity index (χ4n) is 10.1. The Bertz CT molecular complexity index is 3750. The number of nitrogens with zero attached hydrogens (tertiary/aromatic N) is 7. The SMILES string of the molecule is N#Cc1cc(C#N)cc(-c2cc(-c3cc(C#N)cc(C#N)c3)c(-n3c4ccccc4c4ccccc43)c(-n3c4ccccc4c4ccccc43)c2-n2c3ccccc3c3ccccc32)c1. The van der Waals surface area contributed by atoms with Gasteiger partial charge in [-0.3, -0.25) is 0 Å². The summed E-state index contributed by atoms with van der Waals surface area (Å²) in [5.74, 6) is 0. The van der Waals surface area contributed by atoms with Gasteiger partial charge in [-0.1, -0.05) is 109 Å². The Morgan fingerprint density at radius 3 is 0.738 bits per heavy atom. The molecule has 0 aliphatic rings. The normalized spacial score (nSPS) is 11.3. The molecule has 0 radical (unpaired) electrons. The molecule has 0 aliphatic carbocycles. The fraction of sp³-hybridized carbons (Fsp3) is 0. The number of aromatic nitrogens is 3. The van der Waals surface area contributed by atoms with Gasteiger partial charge in [0.15, 0.2) is 0 Å². The molecule has 12 rings (SSSR count). The van der Waals surface area contributed by atoms with Gasteiger partial charge >= 0.3 is 0 Å². The lowest BCUT2D eigenvalue weighted by molar-refractivity contribution is 1.05. The van der Waals surface area contributed by atoms with E-state index in [1.165, 1.54) is 0 Å². The zero-order chi connectivity index (χ0) is 43.8. The van der Waals surface area contributed by atoms with Crippen LogP contribution in [-0.2, 0) is 0 Å². The highest BCUT2D eigenvalue weighted by Gasteiger charge is 2.31. The number of fused-ring (bicyclic) bond motifs is 9. The van der Waals surface area contributed by atoms with Gasteiger partial charge in [-0.25, -0.2) is 0 Å². The summed E-state index contributed by atoms with van der Waals surface area (Å²) >= 11 is 0. The first-order valence-corrected chi connectivity index (χ1v) is 21.2. The Morgan fingerprint density at radius 1 is 0.262 bits per heavy atom. The summed E-state index contributed by atoms with van der Waals surface area (Å²) in [5, 5.41) is 48.3. The minimum atomic E-state index is 0.344. The van der Waals surface area contributed by atoms with Gasteiger partial charge in [-0.05, 0) is 90.0 Å². The van der Waals surface area contributed by atoms with Crippen molar-refractivity contribution in [2.45, 2.75) is 0 Å². The molecular weight excluding hydrogens is 795 g/mol. The van der Waals surface area contributed by atoms with Crippen molar-refractivity contribution in [3.8, 4) is 63.6 Å². The molecule has 0 amide bonds. The van der Waals surface area contributed by atoms with Crippen LogP contribution in [-0.4, -0.2) is 13.7 Å². The lowest BCUT2D eigenvalue weighted by Gasteiger charge is -2.28. The quantitative estimate of drug-likeness (QED) is 0.172. The van der Waals surface area contributed by atoms with Crippen molar-refractivity contribution in [2.75, 3.05) is 0 Å². The van der Waals surface area contributed by atoms with E-state index in [0.717, 1.165) is 93.6 Å². The lowest BCUT2D eigenvalue weighted by Crippen LogP contribution is -2.12. The van der Waals surface area contributed by atoms with Crippen LogP contribution in [0.1, 0.15) is 22.3 Å². The van der Waals surface area contributed by atoms with Crippen LogP contribution in [0.5, 0.6) is 0 Å². The average Bonchev–Trinajstić information content (AvgIpc) is 4.01. The summed E-state index contributed by atoms with van der Waals surface area (Å²) < 4.78 is 7.02. The molecular formula is C58H31N7. The molecule has 0 saturated carbocycles. The molecule has 0 atom stereocenters. The predicted octanol–water partition coefficient (Wildman–Crippen LogP) is 13.8. The van der Waals surface area contributed by atoms with Crippen LogP contribution in [0.4, 0.5) is 0 Å². The second-order valence-electron chi connectivity index (χ2n) is 16.2. The summed E-state index contributed by atoms with van der Waals surface area (Å²) in [6, 6.07) is 72.6. The predicted molar refractivity (Wildman–Crippen MR) is 259 cm³/mol. The van der Waals surface area contributed by atoms with Gasteiger partial charge < -0.3 is 13.7 Å². The van der Waals surface area contributed by atoms with E-state index in [9.17, 15) is 21.0 Å². The molecule has 0 unspecified atom stereocenters. The number of benzene rings is 9. The van der Waals surface area contributed by atoms with Crippen LogP contribution in [0.3, 0.4) is 0 Å². The molecule has 3 aromatic heterocycles. The zero-order valence-corrected chi connectivity index (χ0v) is 34.5. The minimum Gasteiger partial charge on any atom is -0.306 e. The molecule has 7 heteroatoms. The first-order chi connectivity index (χ1) is 32.1. The van der Waals surface area contributed by atoms with E-state index >= 15 is 0 Å². The third kappa shape index (κ3) is 5.51. The Hall–Kier alpha value is -9.66. The molecule has 12 aromatic rings. The van der Waals surface area contributed by atoms with E-state index in [4.69, 9.17) is 0 Å². The van der Waals surface area contributed by atoms with Crippen LogP contribution < -0.4 is 0 Å². The van der Waals surface area contributed by atoms with Gasteiger partial charge in [0.25, 0.3) is 0 Å². The fourth-order valence-corrected chi connectivity index (χ4v) is 10.1. The Kier molecular flexibility index (Phi) is 8.27. The van der Waals surface area contributed by atoms with E-state index in [-0.39, 0.29) is 0 Å². The van der Waals surface area contributed by atoms with Gasteiger partial charge in [0.2, 0.25) is 0 Å². The van der Waals surface area contributed by atoms with E-state index in [1.54, 1.807) is 12.1 Å². The molecule has 0 N–H and O–H groups in total. The molecule has 0 spiro atoms. The standard InChI is InChI=1S/C58H31N7/c59-32-36-25-37(33-60)28-40(27-36)48-31-49(41-29-38(34-61)26-39(30-41)35-62)57(64-52-21-9-3-15-44(52)45-16-4-10-22-53(45)64)58(65-54-23-11-5-17-46(54)47-18-6-12-24-55(47)65)56(48)63-50-19-7-1-13-42(50)43-14-2-8-20-51(43)63/h1-31H. The molecule has 7 nitrogen and oxygen atoms in total. The largest absolute Gasteiger partial charge is 0.306 e. The van der Waals surface area contributed by atoms with Crippen molar-refractivity contribution in [3.63, 3.8) is 0 Å². The highest BCUT2D eigenvalue weighted by Crippen LogP contribution is 2.50. The van der Waals surface area contributed by atoms with Crippen molar-refractivity contribution >= 4 is 65.4 Å². The summed E-state index contributed by atoms with van der Waals surface area (Å²) in [6.45, 7) is 0. The number of para-hydroxylation sites is 6. The molecule has 3 heterocycles. The van der Waals surface area contributed by atoms with E-state index in [1.807, 2.05) is 24.3 Å². The third-order valence-corrected chi connectivity index (χ3v) is 12.7. The summed E-state index contributed by atoms with van der Waals surface area (Å²) in [5.41, 5.74) is 12.4. The van der Waals surface area contributed by atoms with Crippen LogP contribution in [0.15, 0.2) is 188 Å². The van der Waals surface area contributed by atoms with E-state index in [0.29, 0.717) is 33.4 Å². The van der Waals surface area contributed by atoms with E-state index in [2.05, 4.69) is 190 Å². The smallest absolute Gasteiger partial charge is 0.0992 e. The summed E-state index contributed by atoms with van der Waals surface area (Å²) in [4.78, 5) is 0. The monoisotopic (exact) mass is 825 g/mol. The highest BCUT2D eigenvalue weighted by molar-refractivity contribution is 6.15. The maximum Gasteiger partial charge on any atom is 0.0992 e. The minimum absolute atomic E-state index is 0.344. The van der Waals surface area contributed by atoms with Crippen molar-refractivity contribution < 1.29 is 0 Å². The summed E-state index contributed by atoms with van der Waals surface area (Å²) in [6.07, 6.45) is 0. The summed E-state index contributed by atoms with van der Waals surface area (Å²) in [7, 11) is 0. The van der Waals surface area contributed by atoms with Crippen molar-refractivity contribution in [3.05, 3.63) is 210 Å². The topological polar surface area (TPSA) is 110 Å². The molecule has 9 aromatic carbocycles. The maximum atomic E-state index is 10.5. The average molecular weight is 826 g/mol. The Labute approximate surface area is 372 Å². The second-order valence-corrected chi connectivity index (χ2v) is 16.2. The number of hydrogen-bond donors (Lipinski definition) is 0. The Morgan fingerprint density at radius 2 is 0.492 bits per heavy atom. The van der Waals surface area contributed by atoms with Crippen LogP contribution in [0.2, 0.25) is 0 Å². The van der Waals surface area contributed by atoms with Crippen LogP contribution in [0, 0.1) is 45.3 Å². The molecule has 0 fully saturated rings. The third-order valence-electron chi connectivity index (χ3n) is 12.7. The van der Waals surface area contributed by atoms with Crippen LogP contribution in [0.25, 0.3) is 105 Å². The van der Waals surface area contributed by atoms with Gasteiger partial charge in [0, 0.05) is 43.4 Å². The Balaban J connectivity index is 1.45. The number of hydrogen-bond acceptors (Lipinski definition) is 4. The number of rotatable bonds is 5. The number of nitriles is 4. The van der Waals surface area contributed by atoms with E-state index < -0.39 is 0 Å². The zero-order valence-electron chi connectivity index (χ0n) is 34.5. The maximum absolute atomic E-state index is 10.5. The first kappa shape index (κ1) is 37.1. The van der Waals surface area contributed by atoms with Crippen LogP contribution >= 0.6 is 0 Å². The lowest BCUT2D eigenvalue weighted by atomic mass is 9.90. The van der Waals surface area contributed by atoms with Gasteiger partial charge in [-0.15, -0.1) is 0 Å². The first-order valence-electron chi connectivity index (χ1n) is 21.2. The second kappa shape index (κ2) is 14.5. The van der Waals surface area contributed by atoms with Crippen molar-refractivity contribution in [1.82, 2.24) is 13.7 Å². The van der Waals surface area contributed by atoms with Gasteiger partial charge in [0.1, 0.15) is 0 Å². The molecule has 65 heavy (non-hydrogen) atoms. The molecule has 0 saturated heterocycles. The molecule has 298 valence electrons. The van der Waals surface area contributed by atoms with Crippen molar-refractivity contribution in [1.29, 1.82) is 21.0 Å². The van der Waals surface area contributed by atoms with Gasteiger partial charge in [-0.2, -0.15) is 21.0 Å².